The van der Waals surface area contributed by atoms with Crippen molar-refractivity contribution in [2.45, 2.75) is 32.2 Å². The van der Waals surface area contributed by atoms with E-state index in [0.717, 1.165) is 18.4 Å². The Labute approximate surface area is 143 Å². The molecule has 1 N–H and O–H groups in total. The predicted octanol–water partition coefficient (Wildman–Crippen LogP) is 2.56. The van der Waals surface area contributed by atoms with E-state index >= 15 is 0 Å². The van der Waals surface area contributed by atoms with E-state index in [1.807, 2.05) is 24.3 Å². The van der Waals surface area contributed by atoms with Gasteiger partial charge in [0.15, 0.2) is 0 Å². The Balaban J connectivity index is 1.54. The SMILES string of the molecule is CCc1ccc(CC(=O)NC2COCC2Cc2ccncc2)cc1. The molecular weight excluding hydrogens is 300 g/mol. The molecule has 1 saturated heterocycles. The second-order valence-corrected chi connectivity index (χ2v) is 6.38. The van der Waals surface area contributed by atoms with Gasteiger partial charge >= 0.3 is 0 Å². The molecule has 1 aromatic carbocycles. The van der Waals surface area contributed by atoms with Crippen LogP contribution in [0.25, 0.3) is 0 Å². The number of pyridine rings is 1. The zero-order valence-electron chi connectivity index (χ0n) is 14.1. The third-order valence-electron chi connectivity index (χ3n) is 4.59. The van der Waals surface area contributed by atoms with E-state index in [9.17, 15) is 4.79 Å². The van der Waals surface area contributed by atoms with E-state index < -0.39 is 0 Å². The highest BCUT2D eigenvalue weighted by atomic mass is 16.5. The molecular formula is C20H24N2O2. The van der Waals surface area contributed by atoms with Gasteiger partial charge in [-0.25, -0.2) is 0 Å². The minimum atomic E-state index is 0.0643. The minimum absolute atomic E-state index is 0.0643. The molecule has 0 aliphatic carbocycles. The van der Waals surface area contributed by atoms with Crippen LogP contribution in [0.1, 0.15) is 23.6 Å². The van der Waals surface area contributed by atoms with Gasteiger partial charge < -0.3 is 10.1 Å². The van der Waals surface area contributed by atoms with Crippen molar-refractivity contribution < 1.29 is 9.53 Å². The van der Waals surface area contributed by atoms with Crippen molar-refractivity contribution in [1.29, 1.82) is 0 Å². The lowest BCUT2D eigenvalue weighted by molar-refractivity contribution is -0.121. The van der Waals surface area contributed by atoms with E-state index in [4.69, 9.17) is 4.74 Å². The van der Waals surface area contributed by atoms with Crippen LogP contribution in [0.5, 0.6) is 0 Å². The van der Waals surface area contributed by atoms with Crippen LogP contribution in [0.2, 0.25) is 0 Å². The summed E-state index contributed by atoms with van der Waals surface area (Å²) in [6, 6.07) is 12.4. The van der Waals surface area contributed by atoms with Gasteiger partial charge in [0.2, 0.25) is 5.91 Å². The third-order valence-corrected chi connectivity index (χ3v) is 4.59. The van der Waals surface area contributed by atoms with Gasteiger partial charge in [-0.2, -0.15) is 0 Å². The summed E-state index contributed by atoms with van der Waals surface area (Å²) in [4.78, 5) is 16.4. The largest absolute Gasteiger partial charge is 0.379 e. The van der Waals surface area contributed by atoms with Crippen molar-refractivity contribution >= 4 is 5.91 Å². The Morgan fingerprint density at radius 2 is 1.79 bits per heavy atom. The summed E-state index contributed by atoms with van der Waals surface area (Å²) >= 11 is 0. The highest BCUT2D eigenvalue weighted by Gasteiger charge is 2.29. The third kappa shape index (κ3) is 4.42. The molecule has 1 aliphatic heterocycles. The van der Waals surface area contributed by atoms with Crippen LogP contribution in [0.15, 0.2) is 48.8 Å². The van der Waals surface area contributed by atoms with Crippen LogP contribution in [0.3, 0.4) is 0 Å². The summed E-state index contributed by atoms with van der Waals surface area (Å²) < 4.78 is 5.59. The molecule has 0 radical (unpaired) electrons. The normalized spacial score (nSPS) is 20.0. The molecule has 0 bridgehead atoms. The molecule has 1 aliphatic rings. The lowest BCUT2D eigenvalue weighted by Gasteiger charge is -2.19. The van der Waals surface area contributed by atoms with Gasteiger partial charge in [0.1, 0.15) is 0 Å². The number of benzene rings is 1. The van der Waals surface area contributed by atoms with Crippen molar-refractivity contribution in [3.8, 4) is 0 Å². The summed E-state index contributed by atoms with van der Waals surface area (Å²) in [5, 5.41) is 3.15. The number of hydrogen-bond donors (Lipinski definition) is 1. The molecule has 126 valence electrons. The van der Waals surface area contributed by atoms with Crippen molar-refractivity contribution in [2.24, 2.45) is 5.92 Å². The molecule has 0 saturated carbocycles. The van der Waals surface area contributed by atoms with Crippen molar-refractivity contribution in [3.63, 3.8) is 0 Å². The van der Waals surface area contributed by atoms with Gasteiger partial charge in [0, 0.05) is 18.3 Å². The first kappa shape index (κ1) is 16.7. The fourth-order valence-electron chi connectivity index (χ4n) is 3.12. The number of carbonyl (C=O) groups excluding carboxylic acids is 1. The summed E-state index contributed by atoms with van der Waals surface area (Å²) in [6.07, 6.45) is 5.95. The van der Waals surface area contributed by atoms with Gasteiger partial charge in [0.25, 0.3) is 0 Å². The lowest BCUT2D eigenvalue weighted by Crippen LogP contribution is -2.41. The molecule has 1 aromatic heterocycles. The highest BCUT2D eigenvalue weighted by Crippen LogP contribution is 2.19. The van der Waals surface area contributed by atoms with Crippen LogP contribution in [-0.2, 0) is 28.8 Å². The molecule has 4 nitrogen and oxygen atoms in total. The second kappa shape index (κ2) is 8.06. The monoisotopic (exact) mass is 324 g/mol. The molecule has 1 amide bonds. The zero-order chi connectivity index (χ0) is 16.8. The highest BCUT2D eigenvalue weighted by molar-refractivity contribution is 5.79. The van der Waals surface area contributed by atoms with Crippen molar-refractivity contribution in [2.75, 3.05) is 13.2 Å². The van der Waals surface area contributed by atoms with E-state index in [1.165, 1.54) is 11.1 Å². The number of carbonyl (C=O) groups is 1. The van der Waals surface area contributed by atoms with E-state index in [2.05, 4.69) is 29.4 Å². The van der Waals surface area contributed by atoms with Crippen LogP contribution in [0, 0.1) is 5.92 Å². The Morgan fingerprint density at radius 3 is 2.50 bits per heavy atom. The molecule has 4 heteroatoms. The van der Waals surface area contributed by atoms with Gasteiger partial charge in [-0.15, -0.1) is 0 Å². The predicted molar refractivity (Wildman–Crippen MR) is 93.7 cm³/mol. The van der Waals surface area contributed by atoms with Crippen LogP contribution >= 0.6 is 0 Å². The number of aromatic nitrogens is 1. The van der Waals surface area contributed by atoms with E-state index in [-0.39, 0.29) is 11.9 Å². The molecule has 2 heterocycles. The lowest BCUT2D eigenvalue weighted by atomic mass is 9.95. The number of ether oxygens (including phenoxy) is 1. The number of nitrogens with zero attached hydrogens (tertiary/aromatic N) is 1. The number of hydrogen-bond acceptors (Lipinski definition) is 3. The standard InChI is InChI=1S/C20H24N2O2/c1-2-15-3-5-16(6-4-15)12-20(23)22-19-14-24-13-18(19)11-17-7-9-21-10-8-17/h3-10,18-19H,2,11-14H2,1H3,(H,22,23). The van der Waals surface area contributed by atoms with Gasteiger partial charge in [0.05, 0.1) is 25.7 Å². The maximum atomic E-state index is 12.3. The Bertz CT molecular complexity index is 655. The van der Waals surface area contributed by atoms with Crippen LogP contribution < -0.4 is 5.32 Å². The molecule has 2 aromatic rings. The van der Waals surface area contributed by atoms with E-state index in [0.29, 0.717) is 25.6 Å². The first-order valence-electron chi connectivity index (χ1n) is 8.58. The Hall–Kier alpha value is -2.20. The first-order chi connectivity index (χ1) is 11.7. The molecule has 1 fully saturated rings. The van der Waals surface area contributed by atoms with Crippen LogP contribution in [0.4, 0.5) is 0 Å². The average Bonchev–Trinajstić information content (AvgIpc) is 3.03. The average molecular weight is 324 g/mol. The summed E-state index contributed by atoms with van der Waals surface area (Å²) in [7, 11) is 0. The molecule has 3 rings (SSSR count). The Kier molecular flexibility index (Phi) is 5.59. The maximum Gasteiger partial charge on any atom is 0.224 e. The fraction of sp³-hybridized carbons (Fsp3) is 0.400. The number of amides is 1. The van der Waals surface area contributed by atoms with Crippen molar-refractivity contribution in [3.05, 3.63) is 65.5 Å². The molecule has 2 unspecified atom stereocenters. The quantitative estimate of drug-likeness (QED) is 0.888. The molecule has 24 heavy (non-hydrogen) atoms. The van der Waals surface area contributed by atoms with Crippen LogP contribution in [-0.4, -0.2) is 30.1 Å². The maximum absolute atomic E-state index is 12.3. The van der Waals surface area contributed by atoms with Crippen molar-refractivity contribution in [1.82, 2.24) is 10.3 Å². The fourth-order valence-corrected chi connectivity index (χ4v) is 3.12. The zero-order valence-corrected chi connectivity index (χ0v) is 14.1. The number of rotatable bonds is 6. The summed E-state index contributed by atoms with van der Waals surface area (Å²) in [5.41, 5.74) is 3.57. The second-order valence-electron chi connectivity index (χ2n) is 6.38. The number of nitrogens with one attached hydrogen (secondary N) is 1. The summed E-state index contributed by atoms with van der Waals surface area (Å²) in [5.74, 6) is 0.383. The molecule has 2 atom stereocenters. The summed E-state index contributed by atoms with van der Waals surface area (Å²) in [6.45, 7) is 3.42. The minimum Gasteiger partial charge on any atom is -0.379 e. The van der Waals surface area contributed by atoms with Gasteiger partial charge in [-0.3, -0.25) is 9.78 Å². The van der Waals surface area contributed by atoms with E-state index in [1.54, 1.807) is 12.4 Å². The first-order valence-corrected chi connectivity index (χ1v) is 8.58. The van der Waals surface area contributed by atoms with Gasteiger partial charge in [-0.1, -0.05) is 31.2 Å². The number of aryl methyl sites for hydroxylation is 1. The smallest absolute Gasteiger partial charge is 0.224 e. The topological polar surface area (TPSA) is 51.2 Å². The van der Waals surface area contributed by atoms with Gasteiger partial charge in [-0.05, 0) is 41.7 Å². The Morgan fingerprint density at radius 1 is 1.08 bits per heavy atom. The molecule has 0 spiro atoms.